The number of methoxy groups -OCH3 is 1. The summed E-state index contributed by atoms with van der Waals surface area (Å²) in [6.45, 7) is 1.53. The molecule has 1 saturated heterocycles. The minimum Gasteiger partial charge on any atom is -0.496 e. The molecular weight excluding hydrogens is 304 g/mol. The second-order valence-electron chi connectivity index (χ2n) is 6.71. The van der Waals surface area contributed by atoms with Crippen LogP contribution < -0.4 is 4.74 Å². The Morgan fingerprint density at radius 2 is 2.17 bits per heavy atom. The van der Waals surface area contributed by atoms with Crippen molar-refractivity contribution in [3.63, 3.8) is 0 Å². The first-order chi connectivity index (χ1) is 11.7. The van der Waals surface area contributed by atoms with Gasteiger partial charge in [0.25, 0.3) is 0 Å². The van der Waals surface area contributed by atoms with Crippen LogP contribution in [0.15, 0.2) is 36.9 Å². The molecule has 2 heterocycles. The Kier molecular flexibility index (Phi) is 3.75. The van der Waals surface area contributed by atoms with Crippen molar-refractivity contribution in [2.24, 2.45) is 0 Å². The minimum atomic E-state index is -0.392. The third-order valence-electron chi connectivity index (χ3n) is 5.28. The molecule has 1 aliphatic heterocycles. The molecule has 0 N–H and O–H groups in total. The number of nitrogens with zero attached hydrogens (tertiary/aromatic N) is 4. The van der Waals surface area contributed by atoms with Gasteiger partial charge in [-0.05, 0) is 31.7 Å². The van der Waals surface area contributed by atoms with Gasteiger partial charge in [-0.2, -0.15) is 5.10 Å². The summed E-state index contributed by atoms with van der Waals surface area (Å²) in [4.78, 5) is 19.3. The SMILES string of the molecule is COc1ccccc1C1(C(=O)N2CCC[C@H](n3cncn3)C2)CC1. The van der Waals surface area contributed by atoms with Crippen molar-refractivity contribution >= 4 is 5.91 Å². The number of aromatic nitrogens is 3. The quantitative estimate of drug-likeness (QED) is 0.864. The largest absolute Gasteiger partial charge is 0.496 e. The number of hydrogen-bond acceptors (Lipinski definition) is 4. The van der Waals surface area contributed by atoms with E-state index in [9.17, 15) is 4.79 Å². The summed E-state index contributed by atoms with van der Waals surface area (Å²) in [6.07, 6.45) is 7.13. The zero-order valence-corrected chi connectivity index (χ0v) is 13.9. The highest BCUT2D eigenvalue weighted by Gasteiger charge is 2.54. The first-order valence-electron chi connectivity index (χ1n) is 8.51. The molecule has 1 amide bonds. The Labute approximate surface area is 141 Å². The number of carbonyl (C=O) groups is 1. The molecule has 4 rings (SSSR count). The van der Waals surface area contributed by atoms with Crippen LogP contribution in [0.4, 0.5) is 0 Å². The van der Waals surface area contributed by atoms with Crippen LogP contribution in [0.3, 0.4) is 0 Å². The zero-order chi connectivity index (χ0) is 16.6. The van der Waals surface area contributed by atoms with E-state index in [2.05, 4.69) is 10.1 Å². The molecule has 2 fully saturated rings. The lowest BCUT2D eigenvalue weighted by Crippen LogP contribution is -2.45. The first-order valence-corrected chi connectivity index (χ1v) is 8.51. The maximum Gasteiger partial charge on any atom is 0.233 e. The number of amides is 1. The van der Waals surface area contributed by atoms with E-state index >= 15 is 0 Å². The fourth-order valence-corrected chi connectivity index (χ4v) is 3.83. The second kappa shape index (κ2) is 5.92. The lowest BCUT2D eigenvalue weighted by atomic mass is 9.92. The molecule has 126 valence electrons. The number of ether oxygens (including phenoxy) is 1. The van der Waals surface area contributed by atoms with Crippen molar-refractivity contribution in [1.29, 1.82) is 0 Å². The van der Waals surface area contributed by atoms with Gasteiger partial charge in [0.05, 0.1) is 18.6 Å². The average molecular weight is 326 g/mol. The lowest BCUT2D eigenvalue weighted by Gasteiger charge is -2.35. The van der Waals surface area contributed by atoms with Crippen LogP contribution in [0.5, 0.6) is 5.75 Å². The molecule has 0 spiro atoms. The van der Waals surface area contributed by atoms with Gasteiger partial charge in [-0.25, -0.2) is 9.67 Å². The van der Waals surface area contributed by atoms with E-state index in [1.165, 1.54) is 0 Å². The molecular formula is C18H22N4O2. The van der Waals surface area contributed by atoms with Gasteiger partial charge >= 0.3 is 0 Å². The fraction of sp³-hybridized carbons (Fsp3) is 0.500. The van der Waals surface area contributed by atoms with E-state index < -0.39 is 5.41 Å². The molecule has 2 aliphatic rings. The smallest absolute Gasteiger partial charge is 0.233 e. The predicted octanol–water partition coefficient (Wildman–Crippen LogP) is 2.18. The van der Waals surface area contributed by atoms with Gasteiger partial charge in [0.2, 0.25) is 5.91 Å². The van der Waals surface area contributed by atoms with Gasteiger partial charge in [0.15, 0.2) is 0 Å². The van der Waals surface area contributed by atoms with Crippen LogP contribution in [0, 0.1) is 0 Å². The number of likely N-dealkylation sites (tertiary alicyclic amines) is 1. The van der Waals surface area contributed by atoms with E-state index in [1.807, 2.05) is 33.8 Å². The van der Waals surface area contributed by atoms with Crippen LogP contribution in [-0.2, 0) is 10.2 Å². The summed E-state index contributed by atoms with van der Waals surface area (Å²) >= 11 is 0. The number of carbonyl (C=O) groups excluding carboxylic acids is 1. The second-order valence-corrected chi connectivity index (χ2v) is 6.71. The molecule has 1 aromatic heterocycles. The van der Waals surface area contributed by atoms with Gasteiger partial charge in [0, 0.05) is 18.7 Å². The molecule has 1 aromatic carbocycles. The van der Waals surface area contributed by atoms with Crippen molar-refractivity contribution < 1.29 is 9.53 Å². The molecule has 0 radical (unpaired) electrons. The van der Waals surface area contributed by atoms with Gasteiger partial charge in [-0.15, -0.1) is 0 Å². The number of benzene rings is 1. The molecule has 0 unspecified atom stereocenters. The van der Waals surface area contributed by atoms with Crippen LogP contribution in [0.2, 0.25) is 0 Å². The van der Waals surface area contributed by atoms with Crippen LogP contribution in [0.1, 0.15) is 37.3 Å². The van der Waals surface area contributed by atoms with Crippen LogP contribution >= 0.6 is 0 Å². The third-order valence-corrected chi connectivity index (χ3v) is 5.28. The van der Waals surface area contributed by atoms with Gasteiger partial charge in [0.1, 0.15) is 18.4 Å². The summed E-state index contributed by atoms with van der Waals surface area (Å²) in [5, 5.41) is 4.24. The molecule has 24 heavy (non-hydrogen) atoms. The average Bonchev–Trinajstić information content (AvgIpc) is 3.26. The number of hydrogen-bond donors (Lipinski definition) is 0. The van der Waals surface area contributed by atoms with Gasteiger partial charge < -0.3 is 9.64 Å². The highest BCUT2D eigenvalue weighted by molar-refractivity contribution is 5.92. The van der Waals surface area contributed by atoms with Crippen molar-refractivity contribution in [2.45, 2.75) is 37.1 Å². The van der Waals surface area contributed by atoms with E-state index in [0.717, 1.165) is 43.5 Å². The molecule has 1 atom stereocenters. The normalized spacial score (nSPS) is 22.2. The Morgan fingerprint density at radius 1 is 1.33 bits per heavy atom. The minimum absolute atomic E-state index is 0.221. The predicted molar refractivity (Wildman–Crippen MR) is 88.8 cm³/mol. The Bertz CT molecular complexity index is 724. The van der Waals surface area contributed by atoms with Crippen LogP contribution in [0.25, 0.3) is 0 Å². The topological polar surface area (TPSA) is 60.2 Å². The Hall–Kier alpha value is -2.37. The van der Waals surface area contributed by atoms with E-state index in [0.29, 0.717) is 6.54 Å². The summed E-state index contributed by atoms with van der Waals surface area (Å²) in [5.74, 6) is 1.05. The molecule has 2 aromatic rings. The van der Waals surface area contributed by atoms with E-state index in [1.54, 1.807) is 19.8 Å². The standard InChI is InChI=1S/C18H22N4O2/c1-24-16-7-3-2-6-15(16)18(8-9-18)17(23)21-10-4-5-14(11-21)22-13-19-12-20-22/h2-3,6-7,12-14H,4-5,8-11H2,1H3/t14-/m0/s1. The summed E-state index contributed by atoms with van der Waals surface area (Å²) in [5.41, 5.74) is 0.636. The zero-order valence-electron chi connectivity index (χ0n) is 13.9. The van der Waals surface area contributed by atoms with Gasteiger partial charge in [-0.3, -0.25) is 4.79 Å². The van der Waals surface area contributed by atoms with Gasteiger partial charge in [-0.1, -0.05) is 18.2 Å². The number of rotatable bonds is 4. The summed E-state index contributed by atoms with van der Waals surface area (Å²) in [6, 6.07) is 8.13. The van der Waals surface area contributed by atoms with Crippen molar-refractivity contribution in [1.82, 2.24) is 19.7 Å². The highest BCUT2D eigenvalue weighted by Crippen LogP contribution is 2.52. The molecule has 1 saturated carbocycles. The van der Waals surface area contributed by atoms with Crippen molar-refractivity contribution in [2.75, 3.05) is 20.2 Å². The molecule has 6 nitrogen and oxygen atoms in total. The molecule has 0 bridgehead atoms. The Morgan fingerprint density at radius 3 is 2.88 bits per heavy atom. The third kappa shape index (κ3) is 2.46. The maximum absolute atomic E-state index is 13.3. The van der Waals surface area contributed by atoms with Crippen molar-refractivity contribution in [3.8, 4) is 5.75 Å². The monoisotopic (exact) mass is 326 g/mol. The van der Waals surface area contributed by atoms with Crippen molar-refractivity contribution in [3.05, 3.63) is 42.5 Å². The molecule has 1 aliphatic carbocycles. The Balaban J connectivity index is 1.57. The van der Waals surface area contributed by atoms with Crippen LogP contribution in [-0.4, -0.2) is 45.8 Å². The molecule has 6 heteroatoms. The fourth-order valence-electron chi connectivity index (χ4n) is 3.83. The summed E-state index contributed by atoms with van der Waals surface area (Å²) < 4.78 is 7.37. The lowest BCUT2D eigenvalue weighted by molar-refractivity contribution is -0.135. The summed E-state index contributed by atoms with van der Waals surface area (Å²) in [7, 11) is 1.67. The first kappa shape index (κ1) is 15.2. The number of piperidine rings is 1. The number of para-hydroxylation sites is 1. The van der Waals surface area contributed by atoms with E-state index in [-0.39, 0.29) is 11.9 Å². The van der Waals surface area contributed by atoms with E-state index in [4.69, 9.17) is 4.74 Å². The maximum atomic E-state index is 13.3. The highest BCUT2D eigenvalue weighted by atomic mass is 16.5.